The van der Waals surface area contributed by atoms with Gasteiger partial charge in [-0.05, 0) is 96.8 Å². The Morgan fingerprint density at radius 1 is 0.625 bits per heavy atom. The van der Waals surface area contributed by atoms with Gasteiger partial charge in [-0.15, -0.1) is 35.3 Å². The Balaban J connectivity index is 1.22. The molecule has 0 amide bonds. The van der Waals surface area contributed by atoms with Crippen LogP contribution in [0.5, 0.6) is 0 Å². The second-order valence-corrected chi connectivity index (χ2v) is 19.0. The summed E-state index contributed by atoms with van der Waals surface area (Å²) in [5.74, 6) is 0.0363. The molecule has 0 unspecified atom stereocenters. The van der Waals surface area contributed by atoms with Gasteiger partial charge in [-0.1, -0.05) is 105 Å². The molecule has 2 aromatic heterocycles. The molecule has 5 aromatic rings. The highest BCUT2D eigenvalue weighted by Gasteiger charge is 2.35. The van der Waals surface area contributed by atoms with Crippen molar-refractivity contribution in [3.05, 3.63) is 191 Å². The van der Waals surface area contributed by atoms with Crippen LogP contribution in [0.1, 0.15) is 79.4 Å². The molecule has 328 valence electrons. The molecule has 0 aliphatic heterocycles. The van der Waals surface area contributed by atoms with E-state index in [9.17, 15) is 14.4 Å². The Kier molecular flexibility index (Phi) is 20.2. The normalized spacial score (nSPS) is 11.4. The van der Waals surface area contributed by atoms with E-state index in [0.717, 1.165) is 28.1 Å². The largest absolute Gasteiger partial charge is 0.461 e. The Morgan fingerprint density at radius 3 is 1.34 bits per heavy atom. The number of esters is 3. The van der Waals surface area contributed by atoms with E-state index in [1.807, 2.05) is 92.7 Å². The number of hydrogen-bond acceptors (Lipinski definition) is 15. The molecule has 64 heavy (non-hydrogen) atoms. The van der Waals surface area contributed by atoms with Crippen LogP contribution < -0.4 is 0 Å². The van der Waals surface area contributed by atoms with Gasteiger partial charge in [-0.3, -0.25) is 15.0 Å². The molecule has 9 nitrogen and oxygen atoms in total. The molecule has 0 aliphatic rings. The fourth-order valence-electron chi connectivity index (χ4n) is 5.53. The molecule has 0 N–H and O–H groups in total. The number of benzene rings is 3. The first kappa shape index (κ1) is 49.8. The first-order valence-electron chi connectivity index (χ1n) is 20.0. The topological polar surface area (TPSA) is 117 Å². The number of aromatic nitrogens is 2. The van der Waals surface area contributed by atoms with Crippen LogP contribution >= 0.6 is 71.9 Å². The number of carbonyl (C=O) groups is 3. The minimum absolute atomic E-state index is 0.189. The van der Waals surface area contributed by atoms with E-state index in [2.05, 4.69) is 21.5 Å². The third-order valence-electron chi connectivity index (χ3n) is 9.47. The number of rotatable bonds is 21. The van der Waals surface area contributed by atoms with Gasteiger partial charge in [0, 0.05) is 35.9 Å². The van der Waals surface area contributed by atoms with Crippen LogP contribution in [0.15, 0.2) is 152 Å². The third-order valence-corrected chi connectivity index (χ3v) is 14.0. The van der Waals surface area contributed by atoms with E-state index in [0.29, 0.717) is 58.7 Å². The van der Waals surface area contributed by atoms with Gasteiger partial charge >= 0.3 is 17.9 Å². The molecular formula is C49H45N3O6S6. The van der Waals surface area contributed by atoms with Crippen LogP contribution in [0.25, 0.3) is 0 Å². The molecule has 0 fully saturated rings. The molecule has 2 heterocycles. The third kappa shape index (κ3) is 15.5. The van der Waals surface area contributed by atoms with E-state index in [1.54, 1.807) is 61.1 Å². The molecule has 0 spiro atoms. The van der Waals surface area contributed by atoms with E-state index in [-0.39, 0.29) is 19.8 Å². The van der Waals surface area contributed by atoms with Gasteiger partial charge < -0.3 is 14.2 Å². The van der Waals surface area contributed by atoms with Crippen molar-refractivity contribution in [3.8, 4) is 0 Å². The van der Waals surface area contributed by atoms with Crippen molar-refractivity contribution >= 4 is 108 Å². The predicted octanol–water partition coefficient (Wildman–Crippen LogP) is 11.7. The lowest BCUT2D eigenvalue weighted by atomic mass is 9.88. The van der Waals surface area contributed by atoms with Crippen molar-refractivity contribution in [2.24, 2.45) is 10.4 Å². The second-order valence-electron chi connectivity index (χ2n) is 14.0. The van der Waals surface area contributed by atoms with Crippen molar-refractivity contribution in [1.82, 2.24) is 9.97 Å². The zero-order valence-electron chi connectivity index (χ0n) is 35.2. The molecule has 0 bridgehead atoms. The number of ether oxygens (including phenoxy) is 3. The monoisotopic (exact) mass is 963 g/mol. The van der Waals surface area contributed by atoms with E-state index < -0.39 is 23.3 Å². The number of nitrogens with zero attached hydrogens (tertiary/aromatic N) is 3. The van der Waals surface area contributed by atoms with Crippen molar-refractivity contribution in [2.45, 2.75) is 37.5 Å². The molecule has 0 saturated carbocycles. The number of allylic oxidation sites excluding steroid dienone is 2. The zero-order valence-corrected chi connectivity index (χ0v) is 40.1. The molecule has 5 rings (SSSR count). The van der Waals surface area contributed by atoms with Crippen LogP contribution in [-0.4, -0.2) is 66.0 Å². The number of thioether (sulfide) groups is 3. The number of hydrogen-bond donors (Lipinski definition) is 0. The molecule has 0 aliphatic carbocycles. The summed E-state index contributed by atoms with van der Waals surface area (Å²) in [5.41, 5.74) is 4.90. The van der Waals surface area contributed by atoms with Crippen molar-refractivity contribution < 1.29 is 28.6 Å². The van der Waals surface area contributed by atoms with Gasteiger partial charge in [0.15, 0.2) is 0 Å². The molecule has 0 radical (unpaired) electrons. The van der Waals surface area contributed by atoms with Crippen molar-refractivity contribution in [3.63, 3.8) is 0 Å². The highest BCUT2D eigenvalue weighted by molar-refractivity contribution is 8.25. The van der Waals surface area contributed by atoms with Gasteiger partial charge in [0.1, 0.15) is 19.8 Å². The summed E-state index contributed by atoms with van der Waals surface area (Å²) < 4.78 is 19.5. The van der Waals surface area contributed by atoms with Crippen LogP contribution in [0.3, 0.4) is 0 Å². The van der Waals surface area contributed by atoms with Gasteiger partial charge in [0.05, 0.1) is 51.8 Å². The van der Waals surface area contributed by atoms with E-state index >= 15 is 0 Å². The molecular weight excluding hydrogens is 919 g/mol. The van der Waals surface area contributed by atoms with E-state index in [1.165, 1.54) is 35.3 Å². The number of aliphatic imine (C=N–C) groups is 1. The zero-order chi connectivity index (χ0) is 45.7. The maximum atomic E-state index is 13.4. The minimum atomic E-state index is -1.07. The summed E-state index contributed by atoms with van der Waals surface area (Å²) in [6.45, 7) is 6.95. The van der Waals surface area contributed by atoms with Gasteiger partial charge in [-0.2, -0.15) is 0 Å². The molecule has 3 aromatic carbocycles. The van der Waals surface area contributed by atoms with Crippen molar-refractivity contribution in [1.29, 1.82) is 0 Å². The average Bonchev–Trinajstić information content (AvgIpc) is 3.35. The van der Waals surface area contributed by atoms with Crippen LogP contribution in [0.4, 0.5) is 0 Å². The molecule has 15 heteroatoms. The molecule has 0 saturated heterocycles. The summed E-state index contributed by atoms with van der Waals surface area (Å²) in [6, 6.07) is 32.3. The van der Waals surface area contributed by atoms with Crippen LogP contribution in [0.2, 0.25) is 0 Å². The van der Waals surface area contributed by atoms with Crippen LogP contribution in [0, 0.1) is 5.41 Å². The lowest BCUT2D eigenvalue weighted by Crippen LogP contribution is -2.39. The Bertz CT molecular complexity index is 2350. The second kappa shape index (κ2) is 26.0. The summed E-state index contributed by atoms with van der Waals surface area (Å²) in [4.78, 5) is 53.2. The number of carbonyl (C=O) groups excluding carboxylic acids is 3. The highest BCUT2D eigenvalue weighted by atomic mass is 32.2. The highest BCUT2D eigenvalue weighted by Crippen LogP contribution is 2.27. The molecule has 0 atom stereocenters. The van der Waals surface area contributed by atoms with E-state index in [4.69, 9.17) is 50.9 Å². The van der Waals surface area contributed by atoms with Gasteiger partial charge in [0.2, 0.25) is 0 Å². The smallest absolute Gasteiger partial charge is 0.338 e. The maximum absolute atomic E-state index is 13.4. The lowest BCUT2D eigenvalue weighted by Gasteiger charge is -2.31. The first-order valence-corrected chi connectivity index (χ1v) is 24.1. The fraction of sp³-hybridized carbons (Fsp3) is 0.204. The lowest BCUT2D eigenvalue weighted by molar-refractivity contribution is -0.0381. The van der Waals surface area contributed by atoms with Gasteiger partial charge in [-0.25, -0.2) is 14.4 Å². The summed E-state index contributed by atoms with van der Waals surface area (Å²) in [5, 5.41) is 0. The van der Waals surface area contributed by atoms with Crippen LogP contribution in [-0.2, 0) is 31.5 Å². The summed E-state index contributed by atoms with van der Waals surface area (Å²) in [7, 11) is 0. The Hall–Kier alpha value is -5.16. The SMILES string of the molecule is C=CC(=N/C=C\C)C(=S)SCc1ccc(C(=O)OCC(CC)(COC(=O)c2ccc(CSC(=S)c3ccccn3)cc2)COC(=O)c2ccc(CSC(=S)c3ccccn3)cc2)cc1. The fourth-order valence-corrected chi connectivity index (χ4v) is 8.73. The minimum Gasteiger partial charge on any atom is -0.461 e. The maximum Gasteiger partial charge on any atom is 0.338 e. The Morgan fingerprint density at radius 2 is 1.02 bits per heavy atom. The predicted molar refractivity (Wildman–Crippen MR) is 274 cm³/mol. The first-order chi connectivity index (χ1) is 31.0. The summed E-state index contributed by atoms with van der Waals surface area (Å²) >= 11 is 21.0. The van der Waals surface area contributed by atoms with Crippen molar-refractivity contribution in [2.75, 3.05) is 19.8 Å². The number of thiocarbonyl (C=S) groups is 3. The Labute approximate surface area is 403 Å². The average molecular weight is 964 g/mol. The van der Waals surface area contributed by atoms with Gasteiger partial charge in [0.25, 0.3) is 0 Å². The number of pyridine rings is 2. The standard InChI is InChI=1S/C49H45N3O6S6/c1-4-25-50-40(5-2)46(59)62-28-34-13-19-37(20-14-34)43(53)56-31-49(6-3,32-57-44(54)38-21-15-35(16-22-38)29-63-47(60)41-11-7-9-26-51-41)33-58-45(55)39-23-17-36(18-24-39)30-64-48(61)42-12-8-10-27-52-42/h4-5,7-27H,2,6,28-33H2,1,3H3/b25-4-,50-40?. The summed E-state index contributed by atoms with van der Waals surface area (Å²) in [6.07, 6.45) is 8.84. The quantitative estimate of drug-likeness (QED) is 0.0300.